The van der Waals surface area contributed by atoms with E-state index >= 15 is 0 Å². The van der Waals surface area contributed by atoms with Crippen LogP contribution < -0.4 is 0 Å². The summed E-state index contributed by atoms with van der Waals surface area (Å²) in [5.41, 5.74) is 1.61. The highest BCUT2D eigenvalue weighted by molar-refractivity contribution is 5.32. The number of hydrogen-bond acceptors (Lipinski definition) is 3. The SMILES string of the molecule is CCCCN(CC)CCC1(C)OCc2cnc(F)cc21. The molecule has 20 heavy (non-hydrogen) atoms. The third-order valence-corrected chi connectivity index (χ3v) is 4.25. The van der Waals surface area contributed by atoms with E-state index in [4.69, 9.17) is 4.74 Å². The molecule has 1 atom stereocenters. The van der Waals surface area contributed by atoms with Crippen molar-refractivity contribution in [3.05, 3.63) is 29.3 Å². The number of fused-ring (bicyclic) bond motifs is 1. The smallest absolute Gasteiger partial charge is 0.213 e. The van der Waals surface area contributed by atoms with Crippen molar-refractivity contribution in [2.45, 2.75) is 52.2 Å². The molecule has 2 heterocycles. The fraction of sp³-hybridized carbons (Fsp3) is 0.688. The molecule has 1 aromatic heterocycles. The number of unbranched alkanes of at least 4 members (excludes halogenated alkanes) is 1. The van der Waals surface area contributed by atoms with E-state index in [1.807, 2.05) is 0 Å². The van der Waals surface area contributed by atoms with Gasteiger partial charge >= 0.3 is 0 Å². The van der Waals surface area contributed by atoms with Gasteiger partial charge in [-0.2, -0.15) is 4.39 Å². The highest BCUT2D eigenvalue weighted by atomic mass is 19.1. The zero-order chi connectivity index (χ0) is 14.6. The Bertz CT molecular complexity index is 452. The van der Waals surface area contributed by atoms with Gasteiger partial charge < -0.3 is 9.64 Å². The van der Waals surface area contributed by atoms with E-state index in [0.717, 1.165) is 37.2 Å². The monoisotopic (exact) mass is 280 g/mol. The lowest BCUT2D eigenvalue weighted by Gasteiger charge is -2.29. The van der Waals surface area contributed by atoms with Crippen LogP contribution in [0.3, 0.4) is 0 Å². The Kier molecular flexibility index (Phi) is 5.11. The van der Waals surface area contributed by atoms with Crippen LogP contribution in [-0.2, 0) is 16.9 Å². The molecule has 0 spiro atoms. The first-order valence-electron chi connectivity index (χ1n) is 7.60. The molecule has 0 bridgehead atoms. The van der Waals surface area contributed by atoms with Gasteiger partial charge in [-0.1, -0.05) is 20.3 Å². The molecule has 1 aliphatic heterocycles. The Hall–Kier alpha value is -1.00. The second-order valence-corrected chi connectivity index (χ2v) is 5.72. The molecule has 0 N–H and O–H groups in total. The standard InChI is InChI=1S/C16H25FN2O/c1-4-6-8-19(5-2)9-7-16(3)14-10-15(17)18-11-13(14)12-20-16/h10-11H,4-9,12H2,1-3H3. The van der Waals surface area contributed by atoms with Gasteiger partial charge in [-0.15, -0.1) is 0 Å². The van der Waals surface area contributed by atoms with E-state index in [1.54, 1.807) is 6.20 Å². The third-order valence-electron chi connectivity index (χ3n) is 4.25. The minimum Gasteiger partial charge on any atom is -0.366 e. The molecule has 0 saturated carbocycles. The normalized spacial score (nSPS) is 21.4. The lowest BCUT2D eigenvalue weighted by molar-refractivity contribution is -0.0352. The summed E-state index contributed by atoms with van der Waals surface area (Å²) in [4.78, 5) is 6.15. The first-order valence-corrected chi connectivity index (χ1v) is 7.60. The summed E-state index contributed by atoms with van der Waals surface area (Å²) >= 11 is 0. The number of hydrogen-bond donors (Lipinski definition) is 0. The van der Waals surface area contributed by atoms with Gasteiger partial charge in [-0.25, -0.2) is 4.98 Å². The number of halogens is 1. The second kappa shape index (κ2) is 6.64. The molecule has 0 fully saturated rings. The van der Waals surface area contributed by atoms with Crippen molar-refractivity contribution in [3.63, 3.8) is 0 Å². The van der Waals surface area contributed by atoms with E-state index in [0.29, 0.717) is 6.61 Å². The Morgan fingerprint density at radius 1 is 1.40 bits per heavy atom. The first kappa shape index (κ1) is 15.4. The maximum Gasteiger partial charge on any atom is 0.213 e. The van der Waals surface area contributed by atoms with Crippen LogP contribution in [0.15, 0.2) is 12.3 Å². The maximum absolute atomic E-state index is 13.4. The number of nitrogens with zero attached hydrogens (tertiary/aromatic N) is 2. The van der Waals surface area contributed by atoms with Crippen LogP contribution in [0.25, 0.3) is 0 Å². The summed E-state index contributed by atoms with van der Waals surface area (Å²) in [7, 11) is 0. The minimum absolute atomic E-state index is 0.376. The van der Waals surface area contributed by atoms with E-state index in [2.05, 4.69) is 30.7 Å². The van der Waals surface area contributed by atoms with Crippen molar-refractivity contribution >= 4 is 0 Å². The molecule has 0 radical (unpaired) electrons. The van der Waals surface area contributed by atoms with E-state index in [9.17, 15) is 4.39 Å². The molecule has 0 amide bonds. The van der Waals surface area contributed by atoms with Gasteiger partial charge in [0.2, 0.25) is 5.95 Å². The average molecular weight is 280 g/mol. The highest BCUT2D eigenvalue weighted by Gasteiger charge is 2.36. The van der Waals surface area contributed by atoms with Gasteiger partial charge in [-0.3, -0.25) is 0 Å². The summed E-state index contributed by atoms with van der Waals surface area (Å²) in [6.45, 7) is 10.2. The van der Waals surface area contributed by atoms with E-state index in [1.165, 1.54) is 18.9 Å². The Morgan fingerprint density at radius 2 is 2.20 bits per heavy atom. The second-order valence-electron chi connectivity index (χ2n) is 5.72. The number of aromatic nitrogens is 1. The van der Waals surface area contributed by atoms with Crippen LogP contribution in [-0.4, -0.2) is 29.5 Å². The molecule has 0 saturated heterocycles. The van der Waals surface area contributed by atoms with E-state index < -0.39 is 5.95 Å². The molecule has 1 aromatic rings. The molecule has 1 unspecified atom stereocenters. The third kappa shape index (κ3) is 3.36. The average Bonchev–Trinajstić information content (AvgIpc) is 2.77. The number of pyridine rings is 1. The van der Waals surface area contributed by atoms with Crippen molar-refractivity contribution < 1.29 is 9.13 Å². The van der Waals surface area contributed by atoms with Gasteiger partial charge in [0, 0.05) is 18.3 Å². The van der Waals surface area contributed by atoms with Crippen LogP contribution in [0.5, 0.6) is 0 Å². The first-order chi connectivity index (χ1) is 9.59. The van der Waals surface area contributed by atoms with Gasteiger partial charge in [0.05, 0.1) is 12.2 Å². The Morgan fingerprint density at radius 3 is 2.90 bits per heavy atom. The molecule has 0 aromatic carbocycles. The summed E-state index contributed by atoms with van der Waals surface area (Å²) < 4.78 is 19.3. The van der Waals surface area contributed by atoms with Crippen LogP contribution in [0, 0.1) is 5.95 Å². The minimum atomic E-state index is -0.418. The molecule has 112 valence electrons. The number of ether oxygens (including phenoxy) is 1. The van der Waals surface area contributed by atoms with Crippen molar-refractivity contribution in [1.29, 1.82) is 0 Å². The van der Waals surface area contributed by atoms with Crippen LogP contribution >= 0.6 is 0 Å². The van der Waals surface area contributed by atoms with Crippen LogP contribution in [0.1, 0.15) is 51.2 Å². The summed E-state index contributed by atoms with van der Waals surface area (Å²) in [6.07, 6.45) is 4.93. The Balaban J connectivity index is 2.01. The molecule has 2 rings (SSSR count). The summed E-state index contributed by atoms with van der Waals surface area (Å²) in [6, 6.07) is 1.53. The van der Waals surface area contributed by atoms with Crippen LogP contribution in [0.4, 0.5) is 4.39 Å². The highest BCUT2D eigenvalue weighted by Crippen LogP contribution is 2.38. The molecule has 4 heteroatoms. The zero-order valence-corrected chi connectivity index (χ0v) is 12.8. The van der Waals surface area contributed by atoms with Gasteiger partial charge in [0.1, 0.15) is 0 Å². The van der Waals surface area contributed by atoms with Crippen molar-refractivity contribution in [3.8, 4) is 0 Å². The quantitative estimate of drug-likeness (QED) is 0.715. The molecular weight excluding hydrogens is 255 g/mol. The Labute approximate surface area is 121 Å². The predicted octanol–water partition coefficient (Wildman–Crippen LogP) is 3.48. The summed E-state index contributed by atoms with van der Waals surface area (Å²) in [5.74, 6) is -0.418. The number of rotatable bonds is 7. The fourth-order valence-electron chi connectivity index (χ4n) is 2.77. The lowest BCUT2D eigenvalue weighted by Crippen LogP contribution is -2.32. The fourth-order valence-corrected chi connectivity index (χ4v) is 2.77. The predicted molar refractivity (Wildman–Crippen MR) is 78.0 cm³/mol. The maximum atomic E-state index is 13.4. The molecule has 3 nitrogen and oxygen atoms in total. The molecular formula is C16H25FN2O. The van der Waals surface area contributed by atoms with Crippen molar-refractivity contribution in [1.82, 2.24) is 9.88 Å². The van der Waals surface area contributed by atoms with Gasteiger partial charge in [-0.05, 0) is 44.5 Å². The lowest BCUT2D eigenvalue weighted by atomic mass is 9.92. The van der Waals surface area contributed by atoms with Crippen molar-refractivity contribution in [2.24, 2.45) is 0 Å². The largest absolute Gasteiger partial charge is 0.366 e. The van der Waals surface area contributed by atoms with Crippen LogP contribution in [0.2, 0.25) is 0 Å². The van der Waals surface area contributed by atoms with Crippen molar-refractivity contribution in [2.75, 3.05) is 19.6 Å². The molecule has 1 aliphatic rings. The summed E-state index contributed by atoms with van der Waals surface area (Å²) in [5, 5.41) is 0. The van der Waals surface area contributed by atoms with Gasteiger partial charge in [0.25, 0.3) is 0 Å². The topological polar surface area (TPSA) is 25.4 Å². The van der Waals surface area contributed by atoms with Gasteiger partial charge in [0.15, 0.2) is 0 Å². The molecule has 0 aliphatic carbocycles. The zero-order valence-electron chi connectivity index (χ0n) is 12.8. The van der Waals surface area contributed by atoms with E-state index in [-0.39, 0.29) is 5.60 Å².